The minimum Gasteiger partial charge on any atom is -0.308 e. The first-order valence-corrected chi connectivity index (χ1v) is 8.00. The van der Waals surface area contributed by atoms with E-state index in [9.17, 15) is 0 Å². The van der Waals surface area contributed by atoms with Gasteiger partial charge in [-0.15, -0.1) is 11.3 Å². The topological polar surface area (TPSA) is 67.1 Å². The third-order valence-corrected chi connectivity index (χ3v) is 4.91. The zero-order valence-corrected chi connectivity index (χ0v) is 12.8. The first-order valence-electron chi connectivity index (χ1n) is 7.12. The molecule has 2 aromatic rings. The van der Waals surface area contributed by atoms with Crippen molar-refractivity contribution in [3.63, 3.8) is 0 Å². The molecule has 0 spiro atoms. The lowest BCUT2D eigenvalue weighted by molar-refractivity contribution is 0.114. The summed E-state index contributed by atoms with van der Waals surface area (Å²) < 4.78 is 0. The van der Waals surface area contributed by atoms with E-state index in [1.54, 1.807) is 11.3 Å². The lowest BCUT2D eigenvalue weighted by atomic mass is 9.95. The van der Waals surface area contributed by atoms with Gasteiger partial charge in [-0.1, -0.05) is 6.92 Å². The summed E-state index contributed by atoms with van der Waals surface area (Å²) in [6, 6.07) is 2.60. The third kappa shape index (κ3) is 2.63. The van der Waals surface area contributed by atoms with Gasteiger partial charge in [0.05, 0.1) is 11.9 Å². The van der Waals surface area contributed by atoms with Crippen molar-refractivity contribution in [3.8, 4) is 0 Å². The van der Waals surface area contributed by atoms with Crippen molar-refractivity contribution >= 4 is 27.4 Å². The standard InChI is InChI=1S/C14H21N5S/c1-9-3-4-10(2)19(7-9)8-12-16-13(18-15)11-5-6-20-14(11)17-12/h5-6,9-10H,3-4,7-8,15H2,1-2H3,(H,16,17,18). The Balaban J connectivity index is 1.86. The molecule has 3 heterocycles. The number of anilines is 1. The van der Waals surface area contributed by atoms with Crippen LogP contribution in [0.15, 0.2) is 11.4 Å². The maximum Gasteiger partial charge on any atom is 0.152 e. The summed E-state index contributed by atoms with van der Waals surface area (Å²) in [4.78, 5) is 12.7. The van der Waals surface area contributed by atoms with Crippen LogP contribution in [-0.2, 0) is 6.54 Å². The molecule has 0 aliphatic carbocycles. The second kappa shape index (κ2) is 5.63. The molecule has 1 aliphatic rings. The van der Waals surface area contributed by atoms with Gasteiger partial charge < -0.3 is 5.43 Å². The van der Waals surface area contributed by atoms with Gasteiger partial charge in [0, 0.05) is 12.6 Å². The third-order valence-electron chi connectivity index (χ3n) is 4.10. The van der Waals surface area contributed by atoms with Gasteiger partial charge >= 0.3 is 0 Å². The molecule has 2 aromatic heterocycles. The minimum absolute atomic E-state index is 0.600. The monoisotopic (exact) mass is 291 g/mol. The molecule has 1 saturated heterocycles. The molecule has 5 nitrogen and oxygen atoms in total. The van der Waals surface area contributed by atoms with E-state index in [-0.39, 0.29) is 0 Å². The van der Waals surface area contributed by atoms with Crippen molar-refractivity contribution < 1.29 is 0 Å². The van der Waals surface area contributed by atoms with Gasteiger partial charge in [-0.25, -0.2) is 15.8 Å². The molecule has 0 saturated carbocycles. The van der Waals surface area contributed by atoms with Gasteiger partial charge in [-0.3, -0.25) is 4.90 Å². The van der Waals surface area contributed by atoms with Crippen molar-refractivity contribution in [2.24, 2.45) is 11.8 Å². The number of thiophene rings is 1. The van der Waals surface area contributed by atoms with E-state index in [1.807, 2.05) is 11.4 Å². The zero-order valence-electron chi connectivity index (χ0n) is 12.0. The quantitative estimate of drug-likeness (QED) is 0.672. The van der Waals surface area contributed by atoms with Crippen molar-refractivity contribution in [2.45, 2.75) is 39.3 Å². The number of hydrogen-bond donors (Lipinski definition) is 2. The largest absolute Gasteiger partial charge is 0.308 e. The molecular weight excluding hydrogens is 270 g/mol. The molecule has 2 unspecified atom stereocenters. The minimum atomic E-state index is 0.600. The summed E-state index contributed by atoms with van der Waals surface area (Å²) in [5, 5.41) is 3.02. The second-order valence-electron chi connectivity index (χ2n) is 5.73. The van der Waals surface area contributed by atoms with E-state index < -0.39 is 0 Å². The van der Waals surface area contributed by atoms with Crippen LogP contribution < -0.4 is 11.3 Å². The van der Waals surface area contributed by atoms with Crippen LogP contribution in [0, 0.1) is 5.92 Å². The predicted octanol–water partition coefficient (Wildman–Crippen LogP) is 2.60. The number of fused-ring (bicyclic) bond motifs is 1. The van der Waals surface area contributed by atoms with E-state index in [0.717, 1.165) is 40.9 Å². The van der Waals surface area contributed by atoms with Gasteiger partial charge in [0.2, 0.25) is 0 Å². The number of piperidine rings is 1. The van der Waals surface area contributed by atoms with E-state index >= 15 is 0 Å². The molecule has 0 amide bonds. The summed E-state index contributed by atoms with van der Waals surface area (Å²) in [7, 11) is 0. The Kier molecular flexibility index (Phi) is 3.87. The molecule has 108 valence electrons. The second-order valence-corrected chi connectivity index (χ2v) is 6.63. The Hall–Kier alpha value is -1.24. The molecule has 0 radical (unpaired) electrons. The van der Waals surface area contributed by atoms with Gasteiger partial charge in [-0.2, -0.15) is 0 Å². The van der Waals surface area contributed by atoms with E-state index in [0.29, 0.717) is 6.04 Å². The number of nitrogen functional groups attached to an aromatic ring is 1. The van der Waals surface area contributed by atoms with Crippen molar-refractivity contribution in [3.05, 3.63) is 17.3 Å². The van der Waals surface area contributed by atoms with Gasteiger partial charge in [0.15, 0.2) is 5.82 Å². The van der Waals surface area contributed by atoms with E-state index in [1.165, 1.54) is 12.8 Å². The molecule has 6 heteroatoms. The van der Waals surface area contributed by atoms with Crippen LogP contribution in [0.5, 0.6) is 0 Å². The molecule has 20 heavy (non-hydrogen) atoms. The molecule has 3 N–H and O–H groups in total. The highest BCUT2D eigenvalue weighted by atomic mass is 32.1. The molecular formula is C14H21N5S. The number of hydrazine groups is 1. The van der Waals surface area contributed by atoms with Crippen LogP contribution in [0.4, 0.5) is 5.82 Å². The van der Waals surface area contributed by atoms with E-state index in [2.05, 4.69) is 34.1 Å². The van der Waals surface area contributed by atoms with Crippen LogP contribution in [0.25, 0.3) is 10.2 Å². The average Bonchev–Trinajstić information content (AvgIpc) is 2.90. The highest BCUT2D eigenvalue weighted by Crippen LogP contribution is 2.26. The fraction of sp³-hybridized carbons (Fsp3) is 0.571. The molecule has 0 bridgehead atoms. The van der Waals surface area contributed by atoms with Crippen molar-refractivity contribution in [2.75, 3.05) is 12.0 Å². The Morgan fingerprint density at radius 1 is 1.40 bits per heavy atom. The van der Waals surface area contributed by atoms with Crippen LogP contribution in [0.2, 0.25) is 0 Å². The lowest BCUT2D eigenvalue weighted by Gasteiger charge is -2.36. The first kappa shape index (κ1) is 13.7. The molecule has 0 aromatic carbocycles. The van der Waals surface area contributed by atoms with Crippen LogP contribution in [0.1, 0.15) is 32.5 Å². The van der Waals surface area contributed by atoms with Crippen LogP contribution in [-0.4, -0.2) is 27.5 Å². The highest BCUT2D eigenvalue weighted by molar-refractivity contribution is 7.16. The number of nitrogens with two attached hydrogens (primary N) is 1. The highest BCUT2D eigenvalue weighted by Gasteiger charge is 2.24. The number of hydrogen-bond acceptors (Lipinski definition) is 6. The number of rotatable bonds is 3. The maximum atomic E-state index is 5.58. The SMILES string of the molecule is CC1CCC(C)N(Cc2nc(NN)c3ccsc3n2)C1. The lowest BCUT2D eigenvalue weighted by Crippen LogP contribution is -2.40. The summed E-state index contributed by atoms with van der Waals surface area (Å²) in [5.74, 6) is 7.91. The fourth-order valence-electron chi connectivity index (χ4n) is 2.86. The van der Waals surface area contributed by atoms with E-state index in [4.69, 9.17) is 5.84 Å². The average molecular weight is 291 g/mol. The number of aromatic nitrogens is 2. The molecule has 1 fully saturated rings. The Morgan fingerprint density at radius 3 is 3.05 bits per heavy atom. The number of nitrogens with one attached hydrogen (secondary N) is 1. The maximum absolute atomic E-state index is 5.58. The zero-order chi connectivity index (χ0) is 14.1. The molecule has 3 rings (SSSR count). The fourth-order valence-corrected chi connectivity index (χ4v) is 3.64. The smallest absolute Gasteiger partial charge is 0.152 e. The van der Waals surface area contributed by atoms with Crippen molar-refractivity contribution in [1.29, 1.82) is 0 Å². The van der Waals surface area contributed by atoms with Crippen LogP contribution in [0.3, 0.4) is 0 Å². The predicted molar refractivity (Wildman–Crippen MR) is 83.5 cm³/mol. The molecule has 1 aliphatic heterocycles. The van der Waals surface area contributed by atoms with Gasteiger partial charge in [-0.05, 0) is 37.1 Å². The Bertz CT molecular complexity index is 596. The Labute approximate surface area is 123 Å². The van der Waals surface area contributed by atoms with Crippen molar-refractivity contribution in [1.82, 2.24) is 14.9 Å². The van der Waals surface area contributed by atoms with Gasteiger partial charge in [0.25, 0.3) is 0 Å². The molecule has 2 atom stereocenters. The summed E-state index contributed by atoms with van der Waals surface area (Å²) in [5.41, 5.74) is 2.69. The first-order chi connectivity index (χ1) is 9.67. The number of likely N-dealkylation sites (tertiary alicyclic amines) is 1. The normalized spacial score (nSPS) is 24.1. The summed E-state index contributed by atoms with van der Waals surface area (Å²) in [6.07, 6.45) is 2.57. The Morgan fingerprint density at radius 2 is 2.25 bits per heavy atom. The number of nitrogens with zero attached hydrogens (tertiary/aromatic N) is 3. The van der Waals surface area contributed by atoms with Crippen LogP contribution >= 0.6 is 11.3 Å². The summed E-state index contributed by atoms with van der Waals surface area (Å²) in [6.45, 7) is 6.53. The van der Waals surface area contributed by atoms with Gasteiger partial charge in [0.1, 0.15) is 10.7 Å². The summed E-state index contributed by atoms with van der Waals surface area (Å²) >= 11 is 1.63.